The third-order valence-electron chi connectivity index (χ3n) is 5.52. The lowest BCUT2D eigenvalue weighted by atomic mass is 10.0. The average Bonchev–Trinajstić information content (AvgIpc) is 2.80. The van der Waals surface area contributed by atoms with Crippen LogP contribution in [0.25, 0.3) is 38.6 Å². The summed E-state index contributed by atoms with van der Waals surface area (Å²) in [7, 11) is -3.36. The fraction of sp³-hybridized carbons (Fsp3) is 0.0400. The monoisotopic (exact) mass is 476 g/mol. The Bertz CT molecular complexity index is 1730. The number of aromatic hydroxyl groups is 1. The molecular formula is C25H17ClN2O4S. The number of rotatable bonds is 3. The Hall–Kier alpha value is -3.68. The highest BCUT2D eigenvalue weighted by molar-refractivity contribution is 7.90. The summed E-state index contributed by atoms with van der Waals surface area (Å²) in [6, 6.07) is 20.0. The van der Waals surface area contributed by atoms with Gasteiger partial charge < -0.3 is 5.11 Å². The summed E-state index contributed by atoms with van der Waals surface area (Å²) in [4.78, 5) is 17.7. The molecule has 33 heavy (non-hydrogen) atoms. The van der Waals surface area contributed by atoms with E-state index in [0.717, 1.165) is 28.2 Å². The summed E-state index contributed by atoms with van der Waals surface area (Å²) in [5.74, 6) is -0.0202. The molecule has 164 valence electrons. The molecule has 0 fully saturated rings. The average molecular weight is 477 g/mol. The first-order valence-corrected chi connectivity index (χ1v) is 12.2. The van der Waals surface area contributed by atoms with Gasteiger partial charge in [0.2, 0.25) is 0 Å². The minimum atomic E-state index is -3.36. The van der Waals surface area contributed by atoms with Gasteiger partial charge in [0, 0.05) is 35.0 Å². The fourth-order valence-electron chi connectivity index (χ4n) is 3.88. The lowest BCUT2D eigenvalue weighted by Crippen LogP contribution is -2.17. The second-order valence-corrected chi connectivity index (χ2v) is 10.2. The van der Waals surface area contributed by atoms with Gasteiger partial charge in [0.1, 0.15) is 5.75 Å². The van der Waals surface area contributed by atoms with Crippen LogP contribution in [-0.2, 0) is 9.84 Å². The molecule has 1 N–H and O–H groups in total. The van der Waals surface area contributed by atoms with E-state index in [4.69, 9.17) is 11.6 Å². The van der Waals surface area contributed by atoms with Gasteiger partial charge in [-0.25, -0.2) is 8.42 Å². The highest BCUT2D eigenvalue weighted by Gasteiger charge is 2.13. The van der Waals surface area contributed by atoms with Gasteiger partial charge in [0.25, 0.3) is 5.56 Å². The van der Waals surface area contributed by atoms with Gasteiger partial charge in [0.05, 0.1) is 21.0 Å². The number of phenols is 1. The molecule has 3 aromatic carbocycles. The summed E-state index contributed by atoms with van der Waals surface area (Å²) < 4.78 is 25.2. The minimum absolute atomic E-state index is 0.0202. The van der Waals surface area contributed by atoms with Crippen LogP contribution in [0.4, 0.5) is 0 Å². The maximum atomic E-state index is 13.0. The third kappa shape index (κ3) is 3.75. The van der Waals surface area contributed by atoms with Crippen LogP contribution in [0.3, 0.4) is 0 Å². The molecule has 8 heteroatoms. The van der Waals surface area contributed by atoms with E-state index in [1.54, 1.807) is 47.2 Å². The summed E-state index contributed by atoms with van der Waals surface area (Å²) in [5, 5.41) is 11.8. The number of aromatic nitrogens is 2. The van der Waals surface area contributed by atoms with Crippen molar-refractivity contribution < 1.29 is 13.5 Å². The molecule has 2 aromatic heterocycles. The van der Waals surface area contributed by atoms with Gasteiger partial charge in [0.15, 0.2) is 9.84 Å². The zero-order valence-electron chi connectivity index (χ0n) is 17.4. The van der Waals surface area contributed by atoms with Crippen LogP contribution in [0.5, 0.6) is 5.75 Å². The zero-order chi connectivity index (χ0) is 23.3. The van der Waals surface area contributed by atoms with E-state index in [1.807, 2.05) is 18.2 Å². The maximum absolute atomic E-state index is 13.0. The molecule has 0 aliphatic carbocycles. The predicted molar refractivity (Wildman–Crippen MR) is 130 cm³/mol. The Morgan fingerprint density at radius 1 is 0.909 bits per heavy atom. The molecule has 0 spiro atoms. The van der Waals surface area contributed by atoms with Crippen LogP contribution in [0.15, 0.2) is 88.7 Å². The molecule has 2 heterocycles. The Balaban J connectivity index is 1.81. The number of halogens is 1. The van der Waals surface area contributed by atoms with Gasteiger partial charge in [-0.3, -0.25) is 14.3 Å². The Morgan fingerprint density at radius 3 is 2.30 bits per heavy atom. The molecule has 6 nitrogen and oxygen atoms in total. The van der Waals surface area contributed by atoms with Gasteiger partial charge in [-0.15, -0.1) is 0 Å². The molecule has 0 bridgehead atoms. The number of hydrogen-bond acceptors (Lipinski definition) is 5. The van der Waals surface area contributed by atoms with E-state index in [0.29, 0.717) is 16.7 Å². The van der Waals surface area contributed by atoms with Crippen molar-refractivity contribution in [1.29, 1.82) is 0 Å². The Morgan fingerprint density at radius 2 is 1.61 bits per heavy atom. The van der Waals surface area contributed by atoms with E-state index in [2.05, 4.69) is 4.98 Å². The molecule has 0 saturated carbocycles. The SMILES string of the molecule is CS(=O)(=O)c1ccc(-n2c(=O)ccc3cnc4ccc(-c5ccc(Cl)c(O)c5)cc4c32)cc1. The van der Waals surface area contributed by atoms with Crippen molar-refractivity contribution in [3.8, 4) is 22.6 Å². The van der Waals surface area contributed by atoms with Crippen LogP contribution < -0.4 is 5.56 Å². The number of hydrogen-bond donors (Lipinski definition) is 1. The molecule has 5 aromatic rings. The first-order chi connectivity index (χ1) is 15.7. The van der Waals surface area contributed by atoms with Crippen LogP contribution in [-0.4, -0.2) is 29.3 Å². The van der Waals surface area contributed by atoms with E-state index >= 15 is 0 Å². The topological polar surface area (TPSA) is 89.3 Å². The zero-order valence-corrected chi connectivity index (χ0v) is 18.9. The number of fused-ring (bicyclic) bond motifs is 3. The fourth-order valence-corrected chi connectivity index (χ4v) is 4.63. The molecule has 5 rings (SSSR count). The molecule has 0 unspecified atom stereocenters. The smallest absolute Gasteiger partial charge is 0.255 e. The number of benzene rings is 3. The summed E-state index contributed by atoms with van der Waals surface area (Å²) >= 11 is 5.95. The summed E-state index contributed by atoms with van der Waals surface area (Å²) in [5.41, 5.74) is 3.21. The maximum Gasteiger partial charge on any atom is 0.255 e. The van der Waals surface area contributed by atoms with Crippen molar-refractivity contribution in [2.45, 2.75) is 4.90 Å². The molecule has 0 atom stereocenters. The quantitative estimate of drug-likeness (QED) is 0.371. The Labute approximate surface area is 194 Å². The van der Waals surface area contributed by atoms with Crippen molar-refractivity contribution in [3.05, 3.63) is 94.4 Å². The first kappa shape index (κ1) is 21.2. The summed E-state index contributed by atoms with van der Waals surface area (Å²) in [6.07, 6.45) is 2.84. The van der Waals surface area contributed by atoms with Gasteiger partial charge in [-0.1, -0.05) is 23.7 Å². The van der Waals surface area contributed by atoms with E-state index < -0.39 is 9.84 Å². The molecule has 0 radical (unpaired) electrons. The largest absolute Gasteiger partial charge is 0.506 e. The normalized spacial score (nSPS) is 11.8. The summed E-state index contributed by atoms with van der Waals surface area (Å²) in [6.45, 7) is 0. The lowest BCUT2D eigenvalue weighted by molar-refractivity contribution is 0.476. The number of sulfone groups is 1. The van der Waals surface area contributed by atoms with Gasteiger partial charge >= 0.3 is 0 Å². The van der Waals surface area contributed by atoms with Crippen molar-refractivity contribution in [3.63, 3.8) is 0 Å². The van der Waals surface area contributed by atoms with Gasteiger partial charge in [-0.05, 0) is 65.7 Å². The van der Waals surface area contributed by atoms with Crippen LogP contribution in [0.1, 0.15) is 0 Å². The Kier molecular flexibility index (Phi) is 4.96. The standard InChI is InChI=1S/C25H17ClN2O4S/c1-33(31,32)19-7-5-18(6-8-19)28-24(30)11-4-17-14-27-22-10-3-15(12-20(22)25(17)28)16-2-9-21(26)23(29)13-16/h2-14,29H,1H3. The van der Waals surface area contributed by atoms with E-state index in [1.165, 1.54) is 18.2 Å². The van der Waals surface area contributed by atoms with E-state index in [-0.39, 0.29) is 21.2 Å². The number of phenolic OH excluding ortho intramolecular Hbond substituents is 1. The first-order valence-electron chi connectivity index (χ1n) is 9.96. The van der Waals surface area contributed by atoms with Crippen LogP contribution in [0, 0.1) is 0 Å². The van der Waals surface area contributed by atoms with E-state index in [9.17, 15) is 18.3 Å². The molecule has 0 aliphatic rings. The number of pyridine rings is 2. The highest BCUT2D eigenvalue weighted by atomic mass is 35.5. The van der Waals surface area contributed by atoms with Crippen molar-refractivity contribution >= 4 is 43.2 Å². The molecule has 0 aliphatic heterocycles. The van der Waals surface area contributed by atoms with Crippen molar-refractivity contribution in [2.24, 2.45) is 0 Å². The molecular weight excluding hydrogens is 460 g/mol. The highest BCUT2D eigenvalue weighted by Crippen LogP contribution is 2.33. The van der Waals surface area contributed by atoms with Crippen molar-refractivity contribution in [2.75, 3.05) is 6.26 Å². The minimum Gasteiger partial charge on any atom is -0.506 e. The van der Waals surface area contributed by atoms with Crippen LogP contribution in [0.2, 0.25) is 5.02 Å². The third-order valence-corrected chi connectivity index (χ3v) is 6.97. The number of nitrogens with zero attached hydrogens (tertiary/aromatic N) is 2. The van der Waals surface area contributed by atoms with Crippen LogP contribution >= 0.6 is 11.6 Å². The van der Waals surface area contributed by atoms with Crippen molar-refractivity contribution in [1.82, 2.24) is 9.55 Å². The molecule has 0 saturated heterocycles. The lowest BCUT2D eigenvalue weighted by Gasteiger charge is -2.14. The second-order valence-electron chi connectivity index (χ2n) is 7.73. The predicted octanol–water partition coefficient (Wildman–Crippen LogP) is 4.97. The molecule has 0 amide bonds. The second kappa shape index (κ2) is 7.72. The van der Waals surface area contributed by atoms with Gasteiger partial charge in [-0.2, -0.15) is 0 Å².